The van der Waals surface area contributed by atoms with Gasteiger partial charge in [-0.15, -0.1) is 0 Å². The van der Waals surface area contributed by atoms with E-state index < -0.39 is 0 Å². The summed E-state index contributed by atoms with van der Waals surface area (Å²) >= 11 is 0. The molecule has 1 fully saturated rings. The van der Waals surface area contributed by atoms with Crippen molar-refractivity contribution in [1.82, 2.24) is 14.7 Å². The Hall–Kier alpha value is -2.14. The van der Waals surface area contributed by atoms with Crippen molar-refractivity contribution in [3.05, 3.63) is 40.6 Å². The number of likely N-dealkylation sites (N-methyl/N-ethyl adjacent to an activating group) is 1. The van der Waals surface area contributed by atoms with Crippen molar-refractivity contribution in [3.8, 4) is 0 Å². The lowest BCUT2D eigenvalue weighted by atomic mass is 9.97. The smallest absolute Gasteiger partial charge is 0.277 e. The van der Waals surface area contributed by atoms with Gasteiger partial charge in [-0.05, 0) is 38.4 Å². The lowest BCUT2D eigenvalue weighted by molar-refractivity contribution is -0.137. The van der Waals surface area contributed by atoms with Crippen LogP contribution in [0.25, 0.3) is 5.57 Å². The van der Waals surface area contributed by atoms with Gasteiger partial charge >= 0.3 is 0 Å². The predicted octanol–water partition coefficient (Wildman–Crippen LogP) is 3.99. The number of rotatable bonds is 9. The van der Waals surface area contributed by atoms with Crippen molar-refractivity contribution in [2.24, 2.45) is 0 Å². The van der Waals surface area contributed by atoms with Gasteiger partial charge in [-0.25, -0.2) is 0 Å². The van der Waals surface area contributed by atoms with Crippen molar-refractivity contribution in [2.75, 3.05) is 39.8 Å². The summed E-state index contributed by atoms with van der Waals surface area (Å²) in [5.74, 6) is -0.220. The van der Waals surface area contributed by atoms with Gasteiger partial charge < -0.3 is 9.80 Å². The molecule has 3 rings (SSSR count). The molecule has 5 heteroatoms. The van der Waals surface area contributed by atoms with Gasteiger partial charge in [0.1, 0.15) is 5.70 Å². The summed E-state index contributed by atoms with van der Waals surface area (Å²) in [7, 11) is 2.10. The van der Waals surface area contributed by atoms with Crippen LogP contribution in [0.5, 0.6) is 0 Å². The zero-order valence-corrected chi connectivity index (χ0v) is 19.2. The van der Waals surface area contributed by atoms with Crippen LogP contribution in [-0.4, -0.2) is 66.3 Å². The highest BCUT2D eigenvalue weighted by atomic mass is 16.2. The zero-order chi connectivity index (χ0) is 21.7. The van der Waals surface area contributed by atoms with Crippen molar-refractivity contribution in [1.29, 1.82) is 0 Å². The third kappa shape index (κ3) is 4.94. The minimum atomic E-state index is -0.116. The fraction of sp³-hybridized carbons (Fsp3) is 0.600. The average molecular weight is 412 g/mol. The van der Waals surface area contributed by atoms with E-state index in [0.29, 0.717) is 17.8 Å². The first-order chi connectivity index (χ1) is 14.4. The van der Waals surface area contributed by atoms with E-state index in [1.54, 1.807) is 0 Å². The molecule has 2 heterocycles. The maximum Gasteiger partial charge on any atom is 0.277 e. The standard InChI is InChI=1S/C25H37N3O2/c1-5-6-7-8-9-10-13-28-24(29)22(21-12-11-19(2)18-20(21)3)23(25(28)30)27-16-14-26(4)15-17-27/h11-12,18H,5-10,13-17H2,1-4H3. The summed E-state index contributed by atoms with van der Waals surface area (Å²) in [6.07, 6.45) is 6.84. The maximum atomic E-state index is 13.4. The third-order valence-corrected chi connectivity index (χ3v) is 6.35. The molecule has 0 unspecified atom stereocenters. The van der Waals surface area contributed by atoms with Crippen molar-refractivity contribution < 1.29 is 9.59 Å². The highest BCUT2D eigenvalue weighted by Crippen LogP contribution is 2.34. The van der Waals surface area contributed by atoms with Crippen LogP contribution < -0.4 is 0 Å². The van der Waals surface area contributed by atoms with E-state index in [-0.39, 0.29) is 11.8 Å². The molecule has 0 N–H and O–H groups in total. The molecule has 0 atom stereocenters. The number of aryl methyl sites for hydroxylation is 2. The Morgan fingerprint density at radius 1 is 0.867 bits per heavy atom. The van der Waals surface area contributed by atoms with Crippen LogP contribution in [0.3, 0.4) is 0 Å². The topological polar surface area (TPSA) is 43.9 Å². The Morgan fingerprint density at radius 2 is 1.53 bits per heavy atom. The van der Waals surface area contributed by atoms with E-state index in [0.717, 1.165) is 50.1 Å². The molecule has 30 heavy (non-hydrogen) atoms. The SMILES string of the molecule is CCCCCCCCN1C(=O)C(c2ccc(C)cc2C)=C(N2CCN(C)CC2)C1=O. The number of amides is 2. The third-order valence-electron chi connectivity index (χ3n) is 6.35. The molecule has 2 aliphatic rings. The molecular weight excluding hydrogens is 374 g/mol. The van der Waals surface area contributed by atoms with Crippen LogP contribution in [-0.2, 0) is 9.59 Å². The number of hydrogen-bond acceptors (Lipinski definition) is 4. The molecule has 0 radical (unpaired) electrons. The van der Waals surface area contributed by atoms with E-state index in [2.05, 4.69) is 36.8 Å². The van der Waals surface area contributed by atoms with Gasteiger partial charge in [-0.3, -0.25) is 14.5 Å². The number of benzene rings is 1. The van der Waals surface area contributed by atoms with E-state index in [1.807, 2.05) is 19.1 Å². The summed E-state index contributed by atoms with van der Waals surface area (Å²) < 4.78 is 0. The largest absolute Gasteiger partial charge is 0.364 e. The Balaban J connectivity index is 1.83. The van der Waals surface area contributed by atoms with Crippen LogP contribution in [0.15, 0.2) is 23.9 Å². The molecule has 1 saturated heterocycles. The fourth-order valence-electron chi connectivity index (χ4n) is 4.48. The first-order valence-electron chi connectivity index (χ1n) is 11.6. The second kappa shape index (κ2) is 10.3. The molecular formula is C25H37N3O2. The van der Waals surface area contributed by atoms with Crippen molar-refractivity contribution >= 4 is 17.4 Å². The monoisotopic (exact) mass is 411 g/mol. The number of imide groups is 1. The second-order valence-electron chi connectivity index (χ2n) is 8.86. The predicted molar refractivity (Wildman–Crippen MR) is 122 cm³/mol. The second-order valence-corrected chi connectivity index (χ2v) is 8.86. The minimum Gasteiger partial charge on any atom is -0.364 e. The summed E-state index contributed by atoms with van der Waals surface area (Å²) in [4.78, 5) is 32.8. The molecule has 0 bridgehead atoms. The van der Waals surface area contributed by atoms with E-state index in [9.17, 15) is 9.59 Å². The lowest BCUT2D eigenvalue weighted by Gasteiger charge is -2.34. The van der Waals surface area contributed by atoms with Crippen LogP contribution in [0.4, 0.5) is 0 Å². The zero-order valence-electron chi connectivity index (χ0n) is 19.2. The van der Waals surface area contributed by atoms with Gasteiger partial charge in [0.2, 0.25) is 0 Å². The molecule has 2 aliphatic heterocycles. The number of nitrogens with zero attached hydrogens (tertiary/aromatic N) is 3. The molecule has 1 aromatic carbocycles. The van der Waals surface area contributed by atoms with Gasteiger partial charge in [0, 0.05) is 32.7 Å². The van der Waals surface area contributed by atoms with Crippen molar-refractivity contribution in [2.45, 2.75) is 59.3 Å². The normalized spacial score (nSPS) is 18.1. The molecule has 5 nitrogen and oxygen atoms in total. The number of unbranched alkanes of at least 4 members (excludes halogenated alkanes) is 5. The molecule has 164 valence electrons. The Bertz CT molecular complexity index is 807. The van der Waals surface area contributed by atoms with Crippen LogP contribution in [0.1, 0.15) is 62.1 Å². The molecule has 0 aromatic heterocycles. The lowest BCUT2D eigenvalue weighted by Crippen LogP contribution is -2.46. The number of piperazine rings is 1. The first-order valence-corrected chi connectivity index (χ1v) is 11.6. The fourth-order valence-corrected chi connectivity index (χ4v) is 4.48. The summed E-state index contributed by atoms with van der Waals surface area (Å²) in [6.45, 7) is 10.2. The number of carbonyl (C=O) groups is 2. The summed E-state index contributed by atoms with van der Waals surface area (Å²) in [5, 5.41) is 0. The van der Waals surface area contributed by atoms with Gasteiger partial charge in [-0.2, -0.15) is 0 Å². The highest BCUT2D eigenvalue weighted by molar-refractivity contribution is 6.35. The molecule has 0 spiro atoms. The van der Waals surface area contributed by atoms with Crippen LogP contribution in [0.2, 0.25) is 0 Å². The average Bonchev–Trinajstić information content (AvgIpc) is 2.96. The molecule has 2 amide bonds. The van der Waals surface area contributed by atoms with E-state index >= 15 is 0 Å². The molecule has 0 aliphatic carbocycles. The van der Waals surface area contributed by atoms with E-state index in [1.165, 1.54) is 36.1 Å². The van der Waals surface area contributed by atoms with E-state index in [4.69, 9.17) is 0 Å². The van der Waals surface area contributed by atoms with Crippen molar-refractivity contribution in [3.63, 3.8) is 0 Å². The van der Waals surface area contributed by atoms with Crippen LogP contribution in [0, 0.1) is 13.8 Å². The Kier molecular flexibility index (Phi) is 7.70. The summed E-state index contributed by atoms with van der Waals surface area (Å²) in [6, 6.07) is 6.14. The van der Waals surface area contributed by atoms with Gasteiger partial charge in [0.15, 0.2) is 0 Å². The number of carbonyl (C=O) groups excluding carboxylic acids is 2. The minimum absolute atomic E-state index is 0.104. The number of hydrogen-bond donors (Lipinski definition) is 0. The highest BCUT2D eigenvalue weighted by Gasteiger charge is 2.42. The van der Waals surface area contributed by atoms with Crippen LogP contribution >= 0.6 is 0 Å². The summed E-state index contributed by atoms with van der Waals surface area (Å²) in [5.41, 5.74) is 4.34. The molecule has 0 saturated carbocycles. The molecule has 1 aromatic rings. The van der Waals surface area contributed by atoms with Gasteiger partial charge in [0.25, 0.3) is 11.8 Å². The van der Waals surface area contributed by atoms with Gasteiger partial charge in [-0.1, -0.05) is 62.8 Å². The van der Waals surface area contributed by atoms with Gasteiger partial charge in [0.05, 0.1) is 5.57 Å². The maximum absolute atomic E-state index is 13.4. The quantitative estimate of drug-likeness (QED) is 0.455. The first kappa shape index (κ1) is 22.5. The Labute approximate surface area is 181 Å². The Morgan fingerprint density at radius 3 is 2.20 bits per heavy atom.